The van der Waals surface area contributed by atoms with Crippen LogP contribution in [-0.2, 0) is 0 Å². The van der Waals surface area contributed by atoms with Crippen molar-refractivity contribution in [2.24, 2.45) is 0 Å². The van der Waals surface area contributed by atoms with Gasteiger partial charge in [0.25, 0.3) is 0 Å². The minimum Gasteiger partial charge on any atom is -0.359 e. The topological polar surface area (TPSA) is 40.7 Å². The lowest BCUT2D eigenvalue weighted by atomic mass is 10.3. The molecule has 56 valence electrons. The van der Waals surface area contributed by atoms with E-state index in [1.165, 1.54) is 0 Å². The van der Waals surface area contributed by atoms with E-state index in [4.69, 9.17) is 0 Å². The summed E-state index contributed by atoms with van der Waals surface area (Å²) in [6, 6.07) is 7.94. The van der Waals surface area contributed by atoms with Gasteiger partial charge < -0.3 is 10.3 Å². The zero-order valence-corrected chi connectivity index (χ0v) is 6.26. The molecular weight excluding hydrogens is 138 g/mol. The molecule has 1 aromatic carbocycles. The molecular formula is C8H9N3. The third-order valence-corrected chi connectivity index (χ3v) is 1.63. The second-order valence-electron chi connectivity index (χ2n) is 2.35. The number of nitrogens with zero attached hydrogens (tertiary/aromatic N) is 1. The minimum atomic E-state index is 0.811. The summed E-state index contributed by atoms with van der Waals surface area (Å²) in [7, 11) is 1.84. The quantitative estimate of drug-likeness (QED) is 0.643. The Morgan fingerprint density at radius 3 is 2.91 bits per heavy atom. The van der Waals surface area contributed by atoms with Crippen LogP contribution in [0.4, 0.5) is 5.95 Å². The van der Waals surface area contributed by atoms with Crippen molar-refractivity contribution in [2.45, 2.75) is 0 Å². The number of aromatic amines is 1. The normalized spacial score (nSPS) is 10.3. The number of anilines is 1. The molecule has 0 unspecified atom stereocenters. The monoisotopic (exact) mass is 147 g/mol. The Morgan fingerprint density at radius 1 is 1.36 bits per heavy atom. The third-order valence-electron chi connectivity index (χ3n) is 1.63. The van der Waals surface area contributed by atoms with E-state index in [9.17, 15) is 0 Å². The number of nitrogens with one attached hydrogen (secondary N) is 2. The largest absolute Gasteiger partial charge is 0.359 e. The Kier molecular flexibility index (Phi) is 1.28. The van der Waals surface area contributed by atoms with E-state index in [2.05, 4.69) is 15.3 Å². The molecule has 2 N–H and O–H groups in total. The zero-order chi connectivity index (χ0) is 7.68. The molecule has 0 radical (unpaired) electrons. The lowest BCUT2D eigenvalue weighted by Gasteiger charge is -1.86. The highest BCUT2D eigenvalue weighted by Gasteiger charge is 1.96. The summed E-state index contributed by atoms with van der Waals surface area (Å²) in [6.07, 6.45) is 0. The molecule has 11 heavy (non-hydrogen) atoms. The molecule has 0 amide bonds. The molecule has 0 aliphatic rings. The SMILES string of the molecule is CNc1nc2ccccc2[nH]1. The van der Waals surface area contributed by atoms with Crippen molar-refractivity contribution < 1.29 is 0 Å². The molecule has 0 fully saturated rings. The highest BCUT2D eigenvalue weighted by Crippen LogP contribution is 2.11. The maximum Gasteiger partial charge on any atom is 0.200 e. The van der Waals surface area contributed by atoms with E-state index in [1.54, 1.807) is 0 Å². The van der Waals surface area contributed by atoms with Crippen LogP contribution in [-0.4, -0.2) is 17.0 Å². The molecule has 0 saturated heterocycles. The van der Waals surface area contributed by atoms with Gasteiger partial charge in [0.15, 0.2) is 0 Å². The van der Waals surface area contributed by atoms with Gasteiger partial charge in [-0.3, -0.25) is 0 Å². The Hall–Kier alpha value is -1.51. The standard InChI is InChI=1S/C8H9N3/c1-9-8-10-6-4-2-3-5-7(6)11-8/h2-5H,1H3,(H2,9,10,11). The number of rotatable bonds is 1. The van der Waals surface area contributed by atoms with Gasteiger partial charge in [-0.05, 0) is 12.1 Å². The van der Waals surface area contributed by atoms with Gasteiger partial charge in [0.2, 0.25) is 5.95 Å². The Balaban J connectivity index is 2.69. The van der Waals surface area contributed by atoms with Gasteiger partial charge in [-0.25, -0.2) is 4.98 Å². The number of fused-ring (bicyclic) bond motifs is 1. The summed E-state index contributed by atoms with van der Waals surface area (Å²) < 4.78 is 0. The molecule has 3 heteroatoms. The number of benzene rings is 1. The summed E-state index contributed by atoms with van der Waals surface area (Å²) >= 11 is 0. The van der Waals surface area contributed by atoms with Crippen LogP contribution in [0.2, 0.25) is 0 Å². The molecule has 0 aliphatic heterocycles. The van der Waals surface area contributed by atoms with E-state index in [0.29, 0.717) is 0 Å². The molecule has 1 aromatic heterocycles. The number of hydrogen-bond donors (Lipinski definition) is 2. The zero-order valence-electron chi connectivity index (χ0n) is 6.26. The van der Waals surface area contributed by atoms with Crippen LogP contribution in [0.3, 0.4) is 0 Å². The van der Waals surface area contributed by atoms with E-state index in [0.717, 1.165) is 17.0 Å². The molecule has 0 saturated carbocycles. The fraction of sp³-hybridized carbons (Fsp3) is 0.125. The van der Waals surface area contributed by atoms with Gasteiger partial charge in [0, 0.05) is 7.05 Å². The predicted octanol–water partition coefficient (Wildman–Crippen LogP) is 1.60. The van der Waals surface area contributed by atoms with Crippen LogP contribution in [0.25, 0.3) is 11.0 Å². The lowest BCUT2D eigenvalue weighted by Crippen LogP contribution is -1.88. The van der Waals surface area contributed by atoms with E-state index < -0.39 is 0 Å². The average molecular weight is 147 g/mol. The Bertz CT molecular complexity index is 331. The molecule has 2 aromatic rings. The number of hydrogen-bond acceptors (Lipinski definition) is 2. The number of H-pyrrole nitrogens is 1. The second-order valence-corrected chi connectivity index (χ2v) is 2.35. The maximum atomic E-state index is 4.26. The molecule has 0 atom stereocenters. The van der Waals surface area contributed by atoms with Crippen LogP contribution in [0.1, 0.15) is 0 Å². The molecule has 0 bridgehead atoms. The Labute approximate surface area is 64.5 Å². The van der Waals surface area contributed by atoms with Gasteiger partial charge in [-0.2, -0.15) is 0 Å². The van der Waals surface area contributed by atoms with Crippen molar-refractivity contribution in [2.75, 3.05) is 12.4 Å². The summed E-state index contributed by atoms with van der Waals surface area (Å²) in [5.41, 5.74) is 2.06. The molecule has 1 heterocycles. The van der Waals surface area contributed by atoms with Crippen LogP contribution >= 0.6 is 0 Å². The van der Waals surface area contributed by atoms with Crippen LogP contribution in [0.5, 0.6) is 0 Å². The van der Waals surface area contributed by atoms with Crippen molar-refractivity contribution in [1.82, 2.24) is 9.97 Å². The highest BCUT2D eigenvalue weighted by molar-refractivity contribution is 5.77. The van der Waals surface area contributed by atoms with E-state index in [1.807, 2.05) is 31.3 Å². The summed E-state index contributed by atoms with van der Waals surface area (Å²) in [4.78, 5) is 7.39. The first-order valence-electron chi connectivity index (χ1n) is 3.52. The van der Waals surface area contributed by atoms with Crippen molar-refractivity contribution >= 4 is 17.0 Å². The highest BCUT2D eigenvalue weighted by atomic mass is 15.1. The molecule has 3 nitrogen and oxygen atoms in total. The van der Waals surface area contributed by atoms with Gasteiger partial charge in [0.1, 0.15) is 0 Å². The fourth-order valence-electron chi connectivity index (χ4n) is 1.07. The summed E-state index contributed by atoms with van der Waals surface area (Å²) in [5, 5.41) is 2.95. The van der Waals surface area contributed by atoms with Crippen molar-refractivity contribution in [1.29, 1.82) is 0 Å². The summed E-state index contributed by atoms with van der Waals surface area (Å²) in [5.74, 6) is 0.811. The van der Waals surface area contributed by atoms with Crippen LogP contribution in [0, 0.1) is 0 Å². The number of imidazole rings is 1. The van der Waals surface area contributed by atoms with Crippen molar-refractivity contribution in [3.05, 3.63) is 24.3 Å². The fourth-order valence-corrected chi connectivity index (χ4v) is 1.07. The third kappa shape index (κ3) is 0.941. The maximum absolute atomic E-state index is 4.26. The summed E-state index contributed by atoms with van der Waals surface area (Å²) in [6.45, 7) is 0. The Morgan fingerprint density at radius 2 is 2.18 bits per heavy atom. The van der Waals surface area contributed by atoms with E-state index in [-0.39, 0.29) is 0 Å². The van der Waals surface area contributed by atoms with Crippen LogP contribution < -0.4 is 5.32 Å². The first kappa shape index (κ1) is 6.22. The van der Waals surface area contributed by atoms with Gasteiger partial charge in [-0.1, -0.05) is 12.1 Å². The van der Waals surface area contributed by atoms with Gasteiger partial charge in [0.05, 0.1) is 11.0 Å². The molecule has 2 rings (SSSR count). The second kappa shape index (κ2) is 2.27. The first-order valence-corrected chi connectivity index (χ1v) is 3.52. The minimum absolute atomic E-state index is 0.811. The van der Waals surface area contributed by atoms with Crippen molar-refractivity contribution in [3.8, 4) is 0 Å². The predicted molar refractivity (Wildman–Crippen MR) is 45.6 cm³/mol. The molecule has 0 spiro atoms. The first-order chi connectivity index (χ1) is 5.40. The van der Waals surface area contributed by atoms with Crippen molar-refractivity contribution in [3.63, 3.8) is 0 Å². The van der Waals surface area contributed by atoms with E-state index >= 15 is 0 Å². The molecule has 0 aliphatic carbocycles. The number of aromatic nitrogens is 2. The van der Waals surface area contributed by atoms with Crippen LogP contribution in [0.15, 0.2) is 24.3 Å². The van der Waals surface area contributed by atoms with Gasteiger partial charge >= 0.3 is 0 Å². The smallest absolute Gasteiger partial charge is 0.200 e. The average Bonchev–Trinajstić information content (AvgIpc) is 2.46. The van der Waals surface area contributed by atoms with Gasteiger partial charge in [-0.15, -0.1) is 0 Å². The lowest BCUT2D eigenvalue weighted by molar-refractivity contribution is 1.28. The number of para-hydroxylation sites is 2.